The summed E-state index contributed by atoms with van der Waals surface area (Å²) < 4.78 is 68.4. The highest BCUT2D eigenvalue weighted by Gasteiger charge is 2.30. The van der Waals surface area contributed by atoms with Crippen molar-refractivity contribution in [3.8, 4) is 0 Å². The normalized spacial score (nSPS) is 14.7. The second-order valence-electron chi connectivity index (χ2n) is 28.0. The number of phosphoric acid groups is 2. The van der Waals surface area contributed by atoms with E-state index in [2.05, 4.69) is 48.5 Å². The molecule has 0 fully saturated rings. The Bertz CT molecular complexity index is 1840. The molecule has 0 aromatic rings. The van der Waals surface area contributed by atoms with E-state index in [1.165, 1.54) is 193 Å². The molecule has 3 N–H and O–H groups in total. The van der Waals surface area contributed by atoms with E-state index in [9.17, 15) is 43.2 Å². The van der Waals surface area contributed by atoms with Crippen LogP contribution in [0.2, 0.25) is 0 Å². The third-order valence-electron chi connectivity index (χ3n) is 18.1. The van der Waals surface area contributed by atoms with Crippen LogP contribution >= 0.6 is 15.6 Å². The average Bonchev–Trinajstić information content (AvgIpc) is 1.97. The minimum Gasteiger partial charge on any atom is -0.462 e. The number of rotatable bonds is 73. The number of esters is 4. The van der Waals surface area contributed by atoms with Crippen molar-refractivity contribution < 1.29 is 80.2 Å². The Morgan fingerprint density at radius 1 is 0.309 bits per heavy atom. The molecule has 0 bridgehead atoms. The van der Waals surface area contributed by atoms with E-state index in [1.807, 2.05) is 0 Å². The molecule has 7 atom stereocenters. The predicted molar refractivity (Wildman–Crippen MR) is 381 cm³/mol. The summed E-state index contributed by atoms with van der Waals surface area (Å²) in [5.74, 6) is 0.243. The van der Waals surface area contributed by atoms with Gasteiger partial charge in [-0.3, -0.25) is 37.3 Å². The number of aliphatic hydroxyl groups excluding tert-OH is 1. The van der Waals surface area contributed by atoms with Crippen molar-refractivity contribution in [3.63, 3.8) is 0 Å². The second-order valence-corrected chi connectivity index (χ2v) is 30.9. The molecule has 94 heavy (non-hydrogen) atoms. The first kappa shape index (κ1) is 92.1. The van der Waals surface area contributed by atoms with E-state index < -0.39 is 97.5 Å². The monoisotopic (exact) mass is 1380 g/mol. The van der Waals surface area contributed by atoms with Gasteiger partial charge in [-0.1, -0.05) is 331 Å². The predicted octanol–water partition coefficient (Wildman–Crippen LogP) is 21.8. The molecule has 0 saturated heterocycles. The molecule has 17 nitrogen and oxygen atoms in total. The highest BCUT2D eigenvalue weighted by molar-refractivity contribution is 7.47. The Hall–Kier alpha value is -1.94. The van der Waals surface area contributed by atoms with Crippen molar-refractivity contribution >= 4 is 39.5 Å². The van der Waals surface area contributed by atoms with Crippen LogP contribution in [0.5, 0.6) is 0 Å². The second kappa shape index (κ2) is 65.7. The number of phosphoric ester groups is 2. The summed E-state index contributed by atoms with van der Waals surface area (Å²) in [7, 11) is -9.91. The first-order chi connectivity index (χ1) is 45.3. The summed E-state index contributed by atoms with van der Waals surface area (Å²) in [4.78, 5) is 72.6. The molecule has 0 rings (SSSR count). The van der Waals surface area contributed by atoms with Crippen molar-refractivity contribution in [1.29, 1.82) is 0 Å². The molecule has 0 spiro atoms. The molecule has 0 heterocycles. The van der Waals surface area contributed by atoms with E-state index in [-0.39, 0.29) is 25.7 Å². The lowest BCUT2D eigenvalue weighted by Crippen LogP contribution is -2.30. The minimum absolute atomic E-state index is 0.104. The third-order valence-corrected chi connectivity index (χ3v) is 20.0. The van der Waals surface area contributed by atoms with Crippen LogP contribution in [-0.4, -0.2) is 96.7 Å². The molecule has 19 heteroatoms. The maximum atomic E-state index is 13.1. The number of ether oxygens (including phenoxy) is 4. The van der Waals surface area contributed by atoms with E-state index in [1.54, 1.807) is 0 Å². The zero-order valence-electron chi connectivity index (χ0n) is 61.4. The zero-order valence-corrected chi connectivity index (χ0v) is 63.2. The van der Waals surface area contributed by atoms with Crippen molar-refractivity contribution in [1.82, 2.24) is 0 Å². The van der Waals surface area contributed by atoms with Crippen LogP contribution in [0.25, 0.3) is 0 Å². The highest BCUT2D eigenvalue weighted by Crippen LogP contribution is 2.45. The van der Waals surface area contributed by atoms with Crippen molar-refractivity contribution in [2.45, 2.75) is 401 Å². The van der Waals surface area contributed by atoms with Gasteiger partial charge in [0, 0.05) is 25.7 Å². The SMILES string of the molecule is CCCCCCCCCCCC(=O)OC[C@H](COP(=O)(O)OC[C@H](O)COP(=O)(O)OC[C@@H](COC(=O)CCCCCCCCCCC(C)CC)OC(=O)CCCCCCCCCCCCCCCCCCCCC(C)CC)OC(=O)CCCCCCCCCCC(C)C. The molecule has 0 radical (unpaired) electrons. The van der Waals surface area contributed by atoms with Crippen molar-refractivity contribution in [2.75, 3.05) is 39.6 Å². The van der Waals surface area contributed by atoms with Gasteiger partial charge in [0.15, 0.2) is 12.2 Å². The summed E-state index contributed by atoms with van der Waals surface area (Å²) in [6.45, 7) is 11.9. The quantitative estimate of drug-likeness (QED) is 0.0222. The van der Waals surface area contributed by atoms with Crippen LogP contribution in [-0.2, 0) is 65.4 Å². The van der Waals surface area contributed by atoms with Crippen LogP contribution < -0.4 is 0 Å². The highest BCUT2D eigenvalue weighted by atomic mass is 31.2. The smallest absolute Gasteiger partial charge is 0.462 e. The van der Waals surface area contributed by atoms with Gasteiger partial charge < -0.3 is 33.8 Å². The van der Waals surface area contributed by atoms with Gasteiger partial charge in [0.1, 0.15) is 19.3 Å². The molecule has 0 aliphatic heterocycles. The van der Waals surface area contributed by atoms with Crippen LogP contribution in [0.15, 0.2) is 0 Å². The molecule has 0 aliphatic carbocycles. The molecule has 0 aromatic heterocycles. The first-order valence-corrected chi connectivity index (χ1v) is 41.9. The fourth-order valence-electron chi connectivity index (χ4n) is 11.4. The van der Waals surface area contributed by atoms with Gasteiger partial charge in [-0.15, -0.1) is 0 Å². The van der Waals surface area contributed by atoms with Gasteiger partial charge in [0.05, 0.1) is 26.4 Å². The summed E-state index contributed by atoms with van der Waals surface area (Å²) >= 11 is 0. The van der Waals surface area contributed by atoms with E-state index in [0.29, 0.717) is 25.7 Å². The molecule has 0 aliphatic rings. The Kier molecular flexibility index (Phi) is 64.3. The Labute approximate surface area is 575 Å². The van der Waals surface area contributed by atoms with Crippen LogP contribution in [0.1, 0.15) is 382 Å². The molecule has 558 valence electrons. The van der Waals surface area contributed by atoms with Gasteiger partial charge in [0.2, 0.25) is 0 Å². The standard InChI is InChI=1S/C75H146O17P2/c1-8-11-12-13-14-25-35-42-49-56-72(77)85-62-71(92-75(80)59-52-45-38-30-28-32-39-46-53-66(4)5)65-90-94(83,84)88-61-69(76)60-87-93(81,82)89-64-70(63-86-73(78)57-50-43-36-31-29-34-41-48-55-68(7)10-3)91-74(79)58-51-44-37-27-24-22-20-18-16-15-17-19-21-23-26-33-40-47-54-67(6)9-2/h66-71,76H,8-65H2,1-7H3,(H,81,82)(H,83,84)/t67?,68?,69-,70-,71-/m1/s1. The maximum Gasteiger partial charge on any atom is 0.472 e. The van der Waals surface area contributed by atoms with Gasteiger partial charge in [0.25, 0.3) is 0 Å². The molecule has 0 aromatic carbocycles. The molecular weight excluding hydrogens is 1230 g/mol. The minimum atomic E-state index is -4.96. The van der Waals surface area contributed by atoms with Gasteiger partial charge >= 0.3 is 39.5 Å². The number of carbonyl (C=O) groups is 4. The van der Waals surface area contributed by atoms with Crippen LogP contribution in [0, 0.1) is 17.8 Å². The lowest BCUT2D eigenvalue weighted by molar-refractivity contribution is -0.161. The zero-order chi connectivity index (χ0) is 69.4. The van der Waals surface area contributed by atoms with Gasteiger partial charge in [-0.05, 0) is 43.4 Å². The summed E-state index contributed by atoms with van der Waals surface area (Å²) in [6, 6.07) is 0. The molecular formula is C75H146O17P2. The first-order valence-electron chi connectivity index (χ1n) is 38.9. The lowest BCUT2D eigenvalue weighted by atomic mass is 9.99. The van der Waals surface area contributed by atoms with E-state index in [4.69, 9.17) is 37.0 Å². The molecule has 0 saturated carbocycles. The number of hydrogen-bond donors (Lipinski definition) is 3. The number of unbranched alkanes of at least 4 members (excludes halogenated alkanes) is 39. The Balaban J connectivity index is 5.17. The summed E-state index contributed by atoms with van der Waals surface area (Å²) in [5, 5.41) is 10.6. The fraction of sp³-hybridized carbons (Fsp3) is 0.947. The molecule has 4 unspecified atom stereocenters. The summed E-state index contributed by atoms with van der Waals surface area (Å²) in [6.07, 6.45) is 51.4. The van der Waals surface area contributed by atoms with Crippen molar-refractivity contribution in [2.24, 2.45) is 17.8 Å². The number of carbonyl (C=O) groups excluding carboxylic acids is 4. The Morgan fingerprint density at radius 3 is 0.809 bits per heavy atom. The van der Waals surface area contributed by atoms with E-state index >= 15 is 0 Å². The fourth-order valence-corrected chi connectivity index (χ4v) is 12.9. The lowest BCUT2D eigenvalue weighted by Gasteiger charge is -2.21. The van der Waals surface area contributed by atoms with Crippen LogP contribution in [0.4, 0.5) is 0 Å². The van der Waals surface area contributed by atoms with Crippen LogP contribution in [0.3, 0.4) is 0 Å². The number of hydrogen-bond acceptors (Lipinski definition) is 15. The number of aliphatic hydroxyl groups is 1. The molecule has 0 amide bonds. The maximum absolute atomic E-state index is 13.1. The third kappa shape index (κ3) is 66.0. The van der Waals surface area contributed by atoms with E-state index in [0.717, 1.165) is 108 Å². The Morgan fingerprint density at radius 2 is 0.543 bits per heavy atom. The summed E-state index contributed by atoms with van der Waals surface area (Å²) in [5.41, 5.74) is 0. The average molecular weight is 1380 g/mol. The van der Waals surface area contributed by atoms with Gasteiger partial charge in [-0.25, -0.2) is 9.13 Å². The van der Waals surface area contributed by atoms with Gasteiger partial charge in [-0.2, -0.15) is 0 Å². The van der Waals surface area contributed by atoms with Crippen molar-refractivity contribution in [3.05, 3.63) is 0 Å². The largest absolute Gasteiger partial charge is 0.472 e. The topological polar surface area (TPSA) is 237 Å².